The fourth-order valence-corrected chi connectivity index (χ4v) is 3.59. The Morgan fingerprint density at radius 1 is 0.966 bits per heavy atom. The molecule has 0 saturated heterocycles. The van der Waals surface area contributed by atoms with Crippen LogP contribution in [0, 0.1) is 0 Å². The Morgan fingerprint density at radius 2 is 1.48 bits per heavy atom. The van der Waals surface area contributed by atoms with Gasteiger partial charge in [-0.1, -0.05) is 76.5 Å². The molecule has 0 fully saturated rings. The average Bonchev–Trinajstić information content (AvgIpc) is 2.62. The van der Waals surface area contributed by atoms with Crippen molar-refractivity contribution in [3.63, 3.8) is 0 Å². The molecule has 0 N–H and O–H groups in total. The van der Waals surface area contributed by atoms with Gasteiger partial charge >= 0.3 is 5.97 Å². The molecular weight excluding hydrogens is 358 g/mol. The van der Waals surface area contributed by atoms with Crippen molar-refractivity contribution < 1.29 is 14.0 Å². The number of rotatable bonds is 18. The van der Waals surface area contributed by atoms with Crippen molar-refractivity contribution in [3.8, 4) is 0 Å². The Morgan fingerprint density at radius 3 is 1.97 bits per heavy atom. The summed E-state index contributed by atoms with van der Waals surface area (Å²) in [5.41, 5.74) is 0.706. The molecule has 0 bridgehead atoms. The molecular formula is C26H50NO2+. The van der Waals surface area contributed by atoms with Crippen LogP contribution >= 0.6 is 0 Å². The van der Waals surface area contributed by atoms with Gasteiger partial charge in [-0.2, -0.15) is 0 Å². The molecule has 0 aliphatic carbocycles. The maximum atomic E-state index is 12.5. The van der Waals surface area contributed by atoms with E-state index < -0.39 is 5.60 Å². The number of quaternary nitrogens is 1. The molecule has 0 saturated carbocycles. The van der Waals surface area contributed by atoms with Crippen LogP contribution in [0.5, 0.6) is 0 Å². The zero-order valence-corrected chi connectivity index (χ0v) is 20.5. The third-order valence-corrected chi connectivity index (χ3v) is 5.65. The standard InChI is InChI=1S/C26H50NO2/c1-8-10-11-12-13-14-15-16-17-18-22-27(6,7)23-25(28)29-26(5,9-2)21-19-20-24(3)4/h9,20H,2,8,10-19,21-23H2,1,3-7H3/q+1. The molecule has 0 aromatic rings. The van der Waals surface area contributed by atoms with Gasteiger partial charge in [0.2, 0.25) is 0 Å². The summed E-state index contributed by atoms with van der Waals surface area (Å²) in [5, 5.41) is 0. The van der Waals surface area contributed by atoms with Crippen LogP contribution in [0.4, 0.5) is 0 Å². The SMILES string of the molecule is C=CC(C)(CCC=C(C)C)OC(=O)C[N+](C)(C)CCCCCCCCCCCC. The monoisotopic (exact) mass is 408 g/mol. The zero-order valence-electron chi connectivity index (χ0n) is 20.5. The van der Waals surface area contributed by atoms with Gasteiger partial charge in [0, 0.05) is 0 Å². The van der Waals surface area contributed by atoms with E-state index in [0.29, 0.717) is 11.0 Å². The summed E-state index contributed by atoms with van der Waals surface area (Å²) >= 11 is 0. The van der Waals surface area contributed by atoms with Gasteiger partial charge in [0.05, 0.1) is 20.6 Å². The van der Waals surface area contributed by atoms with Crippen LogP contribution in [0.15, 0.2) is 24.3 Å². The maximum Gasteiger partial charge on any atom is 0.362 e. The Bertz CT molecular complexity index is 477. The molecule has 0 aliphatic rings. The first-order valence-electron chi connectivity index (χ1n) is 11.9. The number of hydrogen-bond acceptors (Lipinski definition) is 2. The smallest absolute Gasteiger partial charge is 0.362 e. The van der Waals surface area contributed by atoms with Gasteiger partial charge in [-0.25, -0.2) is 4.79 Å². The lowest BCUT2D eigenvalue weighted by Crippen LogP contribution is -2.46. The normalized spacial score (nSPS) is 13.6. The van der Waals surface area contributed by atoms with E-state index in [4.69, 9.17) is 4.74 Å². The van der Waals surface area contributed by atoms with Crippen LogP contribution < -0.4 is 0 Å². The van der Waals surface area contributed by atoms with E-state index in [0.717, 1.165) is 19.4 Å². The summed E-state index contributed by atoms with van der Waals surface area (Å²) in [5.74, 6) is -0.123. The lowest BCUT2D eigenvalue weighted by molar-refractivity contribution is -0.883. The molecule has 0 heterocycles. The number of ether oxygens (including phenoxy) is 1. The van der Waals surface area contributed by atoms with Gasteiger partial charge in [-0.3, -0.25) is 0 Å². The fourth-order valence-electron chi connectivity index (χ4n) is 3.59. The number of allylic oxidation sites excluding steroid dienone is 2. The molecule has 0 rings (SSSR count). The summed E-state index contributed by atoms with van der Waals surface area (Å²) in [4.78, 5) is 12.5. The van der Waals surface area contributed by atoms with Gasteiger partial charge in [0.1, 0.15) is 5.60 Å². The minimum atomic E-state index is -0.583. The number of nitrogens with zero attached hydrogens (tertiary/aromatic N) is 1. The van der Waals surface area contributed by atoms with Crippen LogP contribution in [0.25, 0.3) is 0 Å². The van der Waals surface area contributed by atoms with E-state index in [1.165, 1.54) is 69.8 Å². The molecule has 3 nitrogen and oxygen atoms in total. The minimum absolute atomic E-state index is 0.123. The predicted octanol–water partition coefficient (Wildman–Crippen LogP) is 7.22. The Balaban J connectivity index is 4.05. The lowest BCUT2D eigenvalue weighted by Gasteiger charge is -2.31. The van der Waals surface area contributed by atoms with Crippen molar-refractivity contribution in [2.75, 3.05) is 27.2 Å². The number of hydrogen-bond donors (Lipinski definition) is 0. The minimum Gasteiger partial charge on any atom is -0.451 e. The molecule has 170 valence electrons. The van der Waals surface area contributed by atoms with E-state index in [1.54, 1.807) is 6.08 Å². The Hall–Kier alpha value is -1.09. The van der Waals surface area contributed by atoms with Crippen LogP contribution in [0.3, 0.4) is 0 Å². The second-order valence-corrected chi connectivity index (χ2v) is 9.81. The molecule has 29 heavy (non-hydrogen) atoms. The number of likely N-dealkylation sites (N-methyl/N-ethyl adjacent to an activating group) is 1. The lowest BCUT2D eigenvalue weighted by atomic mass is 9.99. The van der Waals surface area contributed by atoms with Crippen LogP contribution in [-0.4, -0.2) is 43.2 Å². The van der Waals surface area contributed by atoms with Crippen molar-refractivity contribution in [2.45, 2.75) is 110 Å². The third kappa shape index (κ3) is 16.4. The molecule has 0 amide bonds. The molecule has 0 spiro atoms. The molecule has 1 unspecified atom stereocenters. The van der Waals surface area contributed by atoms with Crippen molar-refractivity contribution in [2.24, 2.45) is 0 Å². The van der Waals surface area contributed by atoms with Crippen LogP contribution in [-0.2, 0) is 9.53 Å². The number of carbonyl (C=O) groups is 1. The number of esters is 1. The summed E-state index contributed by atoms with van der Waals surface area (Å²) in [6.07, 6.45) is 19.0. The van der Waals surface area contributed by atoms with Gasteiger partial charge in [-0.15, -0.1) is 0 Å². The number of unbranched alkanes of at least 4 members (excludes halogenated alkanes) is 9. The summed E-state index contributed by atoms with van der Waals surface area (Å²) in [6.45, 7) is 13.7. The first-order valence-corrected chi connectivity index (χ1v) is 11.9. The molecule has 0 aromatic heterocycles. The van der Waals surface area contributed by atoms with Crippen molar-refractivity contribution >= 4 is 5.97 Å². The fraction of sp³-hybridized carbons (Fsp3) is 0.808. The molecule has 1 atom stereocenters. The molecule has 0 radical (unpaired) electrons. The van der Waals surface area contributed by atoms with E-state index in [1.807, 2.05) is 6.92 Å². The van der Waals surface area contributed by atoms with Gasteiger partial charge < -0.3 is 9.22 Å². The highest BCUT2D eigenvalue weighted by Crippen LogP contribution is 2.21. The first kappa shape index (κ1) is 27.9. The molecule has 0 aliphatic heterocycles. The van der Waals surface area contributed by atoms with E-state index >= 15 is 0 Å². The van der Waals surface area contributed by atoms with Gasteiger partial charge in [0.25, 0.3) is 0 Å². The van der Waals surface area contributed by atoms with Gasteiger partial charge in [-0.05, 0) is 52.5 Å². The topological polar surface area (TPSA) is 26.3 Å². The van der Waals surface area contributed by atoms with Crippen LogP contribution in [0.2, 0.25) is 0 Å². The van der Waals surface area contributed by atoms with E-state index in [2.05, 4.69) is 47.5 Å². The third-order valence-electron chi connectivity index (χ3n) is 5.65. The molecule has 0 aromatic carbocycles. The highest BCUT2D eigenvalue weighted by atomic mass is 16.6. The first-order chi connectivity index (χ1) is 13.6. The van der Waals surface area contributed by atoms with E-state index in [-0.39, 0.29) is 5.97 Å². The second-order valence-electron chi connectivity index (χ2n) is 9.81. The summed E-state index contributed by atoms with van der Waals surface area (Å²) < 4.78 is 6.49. The van der Waals surface area contributed by atoms with Crippen molar-refractivity contribution in [1.82, 2.24) is 0 Å². The quantitative estimate of drug-likeness (QED) is 0.104. The summed E-state index contributed by atoms with van der Waals surface area (Å²) in [6, 6.07) is 0. The Kier molecular flexibility index (Phi) is 15.1. The highest BCUT2D eigenvalue weighted by molar-refractivity contribution is 5.71. The Labute approximate surface area is 182 Å². The maximum absolute atomic E-state index is 12.5. The van der Waals surface area contributed by atoms with E-state index in [9.17, 15) is 4.79 Å². The molecule has 3 heteroatoms. The average molecular weight is 409 g/mol. The van der Waals surface area contributed by atoms with Crippen molar-refractivity contribution in [1.29, 1.82) is 0 Å². The summed E-state index contributed by atoms with van der Waals surface area (Å²) in [7, 11) is 4.26. The second kappa shape index (κ2) is 15.7. The zero-order chi connectivity index (χ0) is 22.2. The highest BCUT2D eigenvalue weighted by Gasteiger charge is 2.28. The number of carbonyl (C=O) groups excluding carboxylic acids is 1. The van der Waals surface area contributed by atoms with Crippen molar-refractivity contribution in [3.05, 3.63) is 24.3 Å². The predicted molar refractivity (Wildman–Crippen MR) is 127 cm³/mol. The van der Waals surface area contributed by atoms with Crippen LogP contribution in [0.1, 0.15) is 105 Å². The largest absolute Gasteiger partial charge is 0.451 e. The van der Waals surface area contributed by atoms with Gasteiger partial charge in [0.15, 0.2) is 6.54 Å².